The molecule has 0 bridgehead atoms. The summed E-state index contributed by atoms with van der Waals surface area (Å²) in [7, 11) is 3.79. The standard InChI is InChI=1S/C38H43FN4O3S/c1-42-16-6-10-33(42)25-14-15-35(40-20-25)41-32-18-26(21-43(2)38(32)46)30-19-27(39)17-24(31(30)22-44)13-12-23-7-5-9-29-28-8-3-4-11-34(28)47-37(29)36(23)45/h14-15,17-21,23,33,44H,3-13,16,22H2,1-2H3,(H,40,41). The highest BCUT2D eigenvalue weighted by Crippen LogP contribution is 2.40. The van der Waals surface area contributed by atoms with Crippen LogP contribution < -0.4 is 10.9 Å². The SMILES string of the molecule is CN1CCCC1c1ccc(Nc2cc(-c3cc(F)cc(CCC4CCCc5c(sc6c5CCCC6)C4=O)c3CO)cn(C)c2=O)nc1. The molecule has 0 amide bonds. The Bertz CT molecular complexity index is 1860. The Labute approximate surface area is 279 Å². The lowest BCUT2D eigenvalue weighted by molar-refractivity contribution is 0.0913. The first-order valence-corrected chi connectivity index (χ1v) is 17.9. The van der Waals surface area contributed by atoms with Crippen LogP contribution >= 0.6 is 11.3 Å². The lowest BCUT2D eigenvalue weighted by Crippen LogP contribution is -2.20. The summed E-state index contributed by atoms with van der Waals surface area (Å²) in [5.41, 5.74) is 6.44. The van der Waals surface area contributed by atoms with Crippen LogP contribution in [0.5, 0.6) is 0 Å². The average molecular weight is 655 g/mol. The number of pyridine rings is 2. The second-order valence-electron chi connectivity index (χ2n) is 13.6. The fraction of sp³-hybridized carbons (Fsp3) is 0.447. The quantitative estimate of drug-likeness (QED) is 0.194. The molecule has 0 spiro atoms. The Kier molecular flexibility index (Phi) is 9.13. The van der Waals surface area contributed by atoms with Gasteiger partial charge in [0.15, 0.2) is 5.78 Å². The molecule has 7 nitrogen and oxygen atoms in total. The van der Waals surface area contributed by atoms with E-state index in [0.717, 1.165) is 61.9 Å². The number of fused-ring (bicyclic) bond motifs is 3. The van der Waals surface area contributed by atoms with Crippen LogP contribution in [0.25, 0.3) is 11.1 Å². The number of hydrogen-bond donors (Lipinski definition) is 2. The van der Waals surface area contributed by atoms with Crippen molar-refractivity contribution >= 4 is 28.6 Å². The van der Waals surface area contributed by atoms with Gasteiger partial charge in [0.1, 0.15) is 17.3 Å². The molecule has 47 heavy (non-hydrogen) atoms. The molecule has 1 saturated heterocycles. The molecular formula is C38H43FN4O3S. The monoisotopic (exact) mass is 654 g/mol. The first-order chi connectivity index (χ1) is 22.8. The van der Waals surface area contributed by atoms with Gasteiger partial charge < -0.3 is 15.0 Å². The summed E-state index contributed by atoms with van der Waals surface area (Å²) in [6, 6.07) is 8.89. The van der Waals surface area contributed by atoms with Crippen LogP contribution in [0.3, 0.4) is 0 Å². The number of Topliss-reactive ketones (excluding diaryl/α,β-unsaturated/α-hetero) is 1. The van der Waals surface area contributed by atoms with Gasteiger partial charge in [-0.15, -0.1) is 11.3 Å². The number of nitrogens with zero attached hydrogens (tertiary/aromatic N) is 3. The largest absolute Gasteiger partial charge is 0.392 e. The lowest BCUT2D eigenvalue weighted by Gasteiger charge is -2.19. The maximum absolute atomic E-state index is 15.2. The van der Waals surface area contributed by atoms with Crippen molar-refractivity contribution < 1.29 is 14.3 Å². The number of carbonyl (C=O) groups is 1. The number of aliphatic hydroxyl groups is 1. The van der Waals surface area contributed by atoms with Crippen LogP contribution in [0.2, 0.25) is 0 Å². The number of aryl methyl sites for hydroxylation is 3. The molecule has 246 valence electrons. The van der Waals surface area contributed by atoms with Crippen LogP contribution in [-0.4, -0.2) is 38.9 Å². The summed E-state index contributed by atoms with van der Waals surface area (Å²) >= 11 is 1.72. The molecule has 2 N–H and O–H groups in total. The molecule has 4 heterocycles. The highest BCUT2D eigenvalue weighted by Gasteiger charge is 2.31. The Balaban J connectivity index is 1.13. The Morgan fingerprint density at radius 1 is 1.02 bits per heavy atom. The van der Waals surface area contributed by atoms with Gasteiger partial charge in [0.05, 0.1) is 11.5 Å². The summed E-state index contributed by atoms with van der Waals surface area (Å²) in [5.74, 6) is 0.263. The van der Waals surface area contributed by atoms with Gasteiger partial charge in [-0.3, -0.25) is 14.5 Å². The molecule has 2 atom stereocenters. The van der Waals surface area contributed by atoms with Gasteiger partial charge in [-0.1, -0.05) is 6.07 Å². The van der Waals surface area contributed by atoms with E-state index in [1.807, 2.05) is 18.3 Å². The predicted molar refractivity (Wildman–Crippen MR) is 185 cm³/mol. The van der Waals surface area contributed by atoms with E-state index in [0.29, 0.717) is 52.6 Å². The zero-order valence-corrected chi connectivity index (χ0v) is 28.1. The third-order valence-corrected chi connectivity index (χ3v) is 11.9. The number of rotatable bonds is 8. The number of hydrogen-bond acceptors (Lipinski definition) is 7. The Morgan fingerprint density at radius 3 is 2.62 bits per heavy atom. The number of anilines is 2. The zero-order chi connectivity index (χ0) is 32.7. The van der Waals surface area contributed by atoms with Crippen LogP contribution in [0.1, 0.15) is 93.4 Å². The molecule has 0 saturated carbocycles. The van der Waals surface area contributed by atoms with Crippen molar-refractivity contribution in [3.05, 3.63) is 96.5 Å². The molecule has 2 aliphatic carbocycles. The molecule has 2 unspecified atom stereocenters. The van der Waals surface area contributed by atoms with Gasteiger partial charge in [-0.25, -0.2) is 9.37 Å². The molecule has 9 heteroatoms. The van der Waals surface area contributed by atoms with E-state index < -0.39 is 5.82 Å². The minimum absolute atomic E-state index is 0.115. The number of benzene rings is 1. The van der Waals surface area contributed by atoms with Crippen molar-refractivity contribution in [3.8, 4) is 11.1 Å². The third kappa shape index (κ3) is 6.33. The third-order valence-electron chi connectivity index (χ3n) is 10.5. The van der Waals surface area contributed by atoms with Crippen molar-refractivity contribution in [2.45, 2.75) is 83.3 Å². The topological polar surface area (TPSA) is 87.5 Å². The zero-order valence-electron chi connectivity index (χ0n) is 27.3. The summed E-state index contributed by atoms with van der Waals surface area (Å²) < 4.78 is 16.7. The van der Waals surface area contributed by atoms with E-state index in [4.69, 9.17) is 0 Å². The highest BCUT2D eigenvalue weighted by molar-refractivity contribution is 7.14. The fourth-order valence-electron chi connectivity index (χ4n) is 8.00. The molecule has 1 fully saturated rings. The molecule has 0 radical (unpaired) electrons. The van der Waals surface area contributed by atoms with Crippen molar-refractivity contribution in [3.63, 3.8) is 0 Å². The molecule has 3 aliphatic rings. The van der Waals surface area contributed by atoms with E-state index in [1.54, 1.807) is 30.6 Å². The van der Waals surface area contributed by atoms with Gasteiger partial charge in [0.25, 0.3) is 5.56 Å². The van der Waals surface area contributed by atoms with Crippen LogP contribution in [-0.2, 0) is 39.3 Å². The maximum atomic E-state index is 15.2. The van der Waals surface area contributed by atoms with E-state index in [1.165, 1.54) is 45.5 Å². The van der Waals surface area contributed by atoms with Crippen LogP contribution in [0.4, 0.5) is 15.9 Å². The van der Waals surface area contributed by atoms with Gasteiger partial charge >= 0.3 is 0 Å². The van der Waals surface area contributed by atoms with E-state index in [9.17, 15) is 14.7 Å². The maximum Gasteiger partial charge on any atom is 0.274 e. The van der Waals surface area contributed by atoms with Crippen molar-refractivity contribution in [2.24, 2.45) is 13.0 Å². The second kappa shape index (κ2) is 13.5. The molecule has 1 aromatic carbocycles. The van der Waals surface area contributed by atoms with Gasteiger partial charge in [0, 0.05) is 41.8 Å². The van der Waals surface area contributed by atoms with E-state index in [-0.39, 0.29) is 23.9 Å². The number of aliphatic hydroxyl groups excluding tert-OH is 1. The number of carbonyl (C=O) groups excluding carboxylic acids is 1. The summed E-state index contributed by atoms with van der Waals surface area (Å²) in [4.78, 5) is 36.2. The first kappa shape index (κ1) is 31.9. The van der Waals surface area contributed by atoms with E-state index >= 15 is 4.39 Å². The smallest absolute Gasteiger partial charge is 0.274 e. The van der Waals surface area contributed by atoms with Gasteiger partial charge in [-0.2, -0.15) is 0 Å². The van der Waals surface area contributed by atoms with Gasteiger partial charge in [0.2, 0.25) is 0 Å². The molecule has 1 aliphatic heterocycles. The minimum Gasteiger partial charge on any atom is -0.392 e. The van der Waals surface area contributed by atoms with Crippen LogP contribution in [0.15, 0.2) is 47.5 Å². The van der Waals surface area contributed by atoms with Crippen molar-refractivity contribution in [1.29, 1.82) is 0 Å². The molecular weight excluding hydrogens is 612 g/mol. The number of ketones is 1. The summed E-state index contributed by atoms with van der Waals surface area (Å²) in [6.45, 7) is 0.789. The Morgan fingerprint density at radius 2 is 1.85 bits per heavy atom. The summed E-state index contributed by atoms with van der Waals surface area (Å²) in [6.07, 6.45) is 14.2. The number of aromatic nitrogens is 2. The predicted octanol–water partition coefficient (Wildman–Crippen LogP) is 7.30. The van der Waals surface area contributed by atoms with Crippen molar-refractivity contribution in [2.75, 3.05) is 18.9 Å². The number of nitrogens with one attached hydrogen (secondary N) is 1. The second-order valence-corrected chi connectivity index (χ2v) is 14.7. The van der Waals surface area contributed by atoms with E-state index in [2.05, 4.69) is 22.2 Å². The lowest BCUT2D eigenvalue weighted by atomic mass is 9.88. The number of halogens is 1. The highest BCUT2D eigenvalue weighted by atomic mass is 32.1. The summed E-state index contributed by atoms with van der Waals surface area (Å²) in [5, 5.41) is 13.8. The number of thiophene rings is 1. The first-order valence-electron chi connectivity index (χ1n) is 17.0. The van der Waals surface area contributed by atoms with Crippen molar-refractivity contribution in [1.82, 2.24) is 14.5 Å². The average Bonchev–Trinajstić information content (AvgIpc) is 3.63. The fourth-order valence-corrected chi connectivity index (χ4v) is 9.45. The van der Waals surface area contributed by atoms with Crippen LogP contribution in [0, 0.1) is 11.7 Å². The minimum atomic E-state index is -0.412. The normalized spacial score (nSPS) is 19.8. The molecule has 7 rings (SSSR count). The molecule has 3 aromatic heterocycles. The van der Waals surface area contributed by atoms with Gasteiger partial charge in [-0.05, 0) is 142 Å². The number of likely N-dealkylation sites (tertiary alicyclic amines) is 1. The molecule has 4 aromatic rings. The Hall–Kier alpha value is -3.66.